The average molecular weight is 341 g/mol. The van der Waals surface area contributed by atoms with Crippen molar-refractivity contribution in [1.82, 2.24) is 10.6 Å². The topological polar surface area (TPSA) is 24.1 Å². The Morgan fingerprint density at radius 2 is 1.09 bits per heavy atom. The number of hydrogen-bond acceptors (Lipinski definition) is 3. The van der Waals surface area contributed by atoms with E-state index in [9.17, 15) is 0 Å². The molecule has 0 amide bonds. The van der Waals surface area contributed by atoms with E-state index >= 15 is 0 Å². The fourth-order valence-corrected chi connectivity index (χ4v) is 3.50. The number of nitrogens with one attached hydrogen (secondary N) is 2. The van der Waals surface area contributed by atoms with E-state index in [2.05, 4.69) is 59.2 Å². The molecule has 22 heavy (non-hydrogen) atoms. The summed E-state index contributed by atoms with van der Waals surface area (Å²) in [6.07, 6.45) is 1.08. The van der Waals surface area contributed by atoms with Crippen LogP contribution in [-0.4, -0.2) is 26.2 Å². The largest absolute Gasteiger partial charge is 0.314 e. The zero-order chi connectivity index (χ0) is 13.6. The van der Waals surface area contributed by atoms with Crippen LogP contribution < -0.4 is 10.6 Å². The second-order valence-corrected chi connectivity index (χ2v) is 6.08. The van der Waals surface area contributed by atoms with Gasteiger partial charge < -0.3 is 10.6 Å². The third-order valence-corrected chi connectivity index (χ3v) is 4.74. The molecule has 2 aliphatic heterocycles. The summed E-state index contributed by atoms with van der Waals surface area (Å²) in [6.45, 7) is 4.56. The normalized spacial score (nSPS) is 14.9. The summed E-state index contributed by atoms with van der Waals surface area (Å²) in [5.74, 6) is 0. The predicted molar refractivity (Wildman–Crippen MR) is 95.3 cm³/mol. The van der Waals surface area contributed by atoms with E-state index in [1.54, 1.807) is 0 Å². The van der Waals surface area contributed by atoms with E-state index in [1.165, 1.54) is 20.9 Å². The van der Waals surface area contributed by atoms with Crippen molar-refractivity contribution in [3.05, 3.63) is 59.7 Å². The molecular formula is C17H22ClFN2S. The molecule has 0 saturated carbocycles. The molecule has 1 fully saturated rings. The fraction of sp³-hybridized carbons (Fsp3) is 0.294. The minimum atomic E-state index is 0. The summed E-state index contributed by atoms with van der Waals surface area (Å²) < 4.78 is 0. The third-order valence-electron chi connectivity index (χ3n) is 3.50. The van der Waals surface area contributed by atoms with Gasteiger partial charge in [-0.2, -0.15) is 0 Å². The molecule has 120 valence electrons. The van der Waals surface area contributed by atoms with E-state index in [1.807, 2.05) is 11.8 Å². The number of piperazine rings is 1. The van der Waals surface area contributed by atoms with Gasteiger partial charge >= 0.3 is 0 Å². The molecule has 0 spiro atoms. The van der Waals surface area contributed by atoms with Gasteiger partial charge in [-0.25, -0.2) is 0 Å². The van der Waals surface area contributed by atoms with Crippen molar-refractivity contribution < 1.29 is 4.70 Å². The van der Waals surface area contributed by atoms with Gasteiger partial charge in [0.15, 0.2) is 0 Å². The lowest BCUT2D eigenvalue weighted by Gasteiger charge is -2.17. The highest BCUT2D eigenvalue weighted by Crippen LogP contribution is 2.38. The molecule has 2 aliphatic rings. The molecule has 2 aromatic rings. The molecule has 0 unspecified atom stereocenters. The van der Waals surface area contributed by atoms with Crippen LogP contribution in [-0.2, 0) is 6.42 Å². The first kappa shape index (κ1) is 19.0. The van der Waals surface area contributed by atoms with Crippen molar-refractivity contribution in [1.29, 1.82) is 0 Å². The molecule has 0 radical (unpaired) electrons. The molecular weight excluding hydrogens is 319 g/mol. The monoisotopic (exact) mass is 340 g/mol. The third kappa shape index (κ3) is 4.99. The number of rotatable bonds is 0. The highest BCUT2D eigenvalue weighted by molar-refractivity contribution is 7.99. The summed E-state index contributed by atoms with van der Waals surface area (Å²) in [6, 6.07) is 17.3. The summed E-state index contributed by atoms with van der Waals surface area (Å²) in [5, 5.41) is 6.44. The quantitative estimate of drug-likeness (QED) is 0.655. The molecule has 2 aromatic carbocycles. The Bertz CT molecular complexity index is 477. The summed E-state index contributed by atoms with van der Waals surface area (Å²) >= 11 is 1.88. The van der Waals surface area contributed by atoms with Gasteiger partial charge in [-0.1, -0.05) is 48.2 Å². The van der Waals surface area contributed by atoms with Crippen LogP contribution in [0.25, 0.3) is 0 Å². The van der Waals surface area contributed by atoms with Crippen LogP contribution in [0.15, 0.2) is 58.3 Å². The lowest BCUT2D eigenvalue weighted by molar-refractivity contribution is 0.534. The Labute approximate surface area is 141 Å². The van der Waals surface area contributed by atoms with E-state index in [4.69, 9.17) is 0 Å². The van der Waals surface area contributed by atoms with Gasteiger partial charge in [0.2, 0.25) is 0 Å². The maximum Gasteiger partial charge on any atom is 0.0157 e. The Kier molecular flexibility index (Phi) is 8.49. The SMILES string of the molecule is C1CNCCN1.Cl.F.c1ccc2c(c1)Cc1ccccc1S2. The standard InChI is InChI=1S/C13H10S.C4H10N2.ClH.FH/c1-3-7-12-10(5-1)9-11-6-2-4-8-13(11)14-12;1-2-6-4-3-5-1;;/h1-8H,9H2;5-6H,1-4H2;2*1H. The first-order valence-electron chi connectivity index (χ1n) is 7.18. The maximum atomic E-state index is 3.22. The number of hydrogen-bond donors (Lipinski definition) is 2. The Morgan fingerprint density at radius 3 is 1.50 bits per heavy atom. The number of benzene rings is 2. The van der Waals surface area contributed by atoms with Gasteiger partial charge in [-0.15, -0.1) is 12.4 Å². The van der Waals surface area contributed by atoms with E-state index < -0.39 is 0 Å². The lowest BCUT2D eigenvalue weighted by atomic mass is 10.0. The van der Waals surface area contributed by atoms with E-state index in [0.717, 1.165) is 32.6 Å². The van der Waals surface area contributed by atoms with Crippen LogP contribution in [0.4, 0.5) is 4.70 Å². The molecule has 0 bridgehead atoms. The second-order valence-electron chi connectivity index (χ2n) is 4.99. The first-order chi connectivity index (χ1) is 9.93. The van der Waals surface area contributed by atoms with Crippen molar-refractivity contribution in [2.24, 2.45) is 0 Å². The summed E-state index contributed by atoms with van der Waals surface area (Å²) in [4.78, 5) is 2.82. The van der Waals surface area contributed by atoms with Crippen LogP contribution in [0.2, 0.25) is 0 Å². The first-order valence-corrected chi connectivity index (χ1v) is 8.00. The van der Waals surface area contributed by atoms with Crippen LogP contribution in [0.3, 0.4) is 0 Å². The molecule has 1 saturated heterocycles. The Hall–Kier alpha value is -1.07. The minimum absolute atomic E-state index is 0. The second kappa shape index (κ2) is 9.85. The van der Waals surface area contributed by atoms with Crippen molar-refractivity contribution in [2.45, 2.75) is 16.2 Å². The molecule has 4 rings (SSSR count). The van der Waals surface area contributed by atoms with Gasteiger partial charge in [0.05, 0.1) is 0 Å². The van der Waals surface area contributed by atoms with Crippen molar-refractivity contribution in [2.75, 3.05) is 26.2 Å². The Morgan fingerprint density at radius 1 is 0.682 bits per heavy atom. The van der Waals surface area contributed by atoms with E-state index in [0.29, 0.717) is 0 Å². The van der Waals surface area contributed by atoms with Gasteiger partial charge in [-0.05, 0) is 29.7 Å². The van der Waals surface area contributed by atoms with Crippen LogP contribution in [0.1, 0.15) is 11.1 Å². The maximum absolute atomic E-state index is 3.22. The Balaban J connectivity index is 0.000000261. The smallest absolute Gasteiger partial charge is 0.0157 e. The lowest BCUT2D eigenvalue weighted by Crippen LogP contribution is -2.39. The van der Waals surface area contributed by atoms with Crippen molar-refractivity contribution in [3.63, 3.8) is 0 Å². The van der Waals surface area contributed by atoms with Crippen LogP contribution >= 0.6 is 24.2 Å². The zero-order valence-corrected chi connectivity index (χ0v) is 14.0. The van der Waals surface area contributed by atoms with Gasteiger partial charge in [-0.3, -0.25) is 4.70 Å². The molecule has 2 N–H and O–H groups in total. The highest BCUT2D eigenvalue weighted by Gasteiger charge is 2.13. The zero-order valence-electron chi connectivity index (χ0n) is 12.4. The van der Waals surface area contributed by atoms with Gasteiger partial charge in [0.25, 0.3) is 0 Å². The highest BCUT2D eigenvalue weighted by atomic mass is 35.5. The summed E-state index contributed by atoms with van der Waals surface area (Å²) in [7, 11) is 0. The van der Waals surface area contributed by atoms with Crippen molar-refractivity contribution in [3.8, 4) is 0 Å². The molecule has 5 heteroatoms. The predicted octanol–water partition coefficient (Wildman–Crippen LogP) is 3.50. The van der Waals surface area contributed by atoms with Crippen LogP contribution in [0.5, 0.6) is 0 Å². The molecule has 0 atom stereocenters. The van der Waals surface area contributed by atoms with E-state index in [-0.39, 0.29) is 17.1 Å². The van der Waals surface area contributed by atoms with Crippen molar-refractivity contribution >= 4 is 24.2 Å². The molecule has 0 aliphatic carbocycles. The van der Waals surface area contributed by atoms with Crippen LogP contribution in [0, 0.1) is 0 Å². The van der Waals surface area contributed by atoms with Gasteiger partial charge in [0.1, 0.15) is 0 Å². The fourth-order valence-electron chi connectivity index (χ4n) is 2.43. The number of halogens is 2. The van der Waals surface area contributed by atoms with Gasteiger partial charge in [0, 0.05) is 36.0 Å². The average Bonchev–Trinajstić information content (AvgIpc) is 2.55. The molecule has 0 aromatic heterocycles. The summed E-state index contributed by atoms with van der Waals surface area (Å²) in [5.41, 5.74) is 2.91. The molecule has 2 heterocycles. The minimum Gasteiger partial charge on any atom is -0.314 e. The number of fused-ring (bicyclic) bond motifs is 2. The molecule has 2 nitrogen and oxygen atoms in total.